The van der Waals surface area contributed by atoms with Crippen LogP contribution in [0.2, 0.25) is 0 Å². The Kier molecular flexibility index (Phi) is 5.59. The van der Waals surface area contributed by atoms with Crippen molar-refractivity contribution < 1.29 is 9.53 Å². The van der Waals surface area contributed by atoms with Gasteiger partial charge in [-0.3, -0.25) is 9.20 Å². The fraction of sp³-hybridized carbons (Fsp3) is 0.429. The second-order valence-corrected chi connectivity index (χ2v) is 7.24. The molecule has 1 unspecified atom stereocenters. The van der Waals surface area contributed by atoms with Gasteiger partial charge in [0.25, 0.3) is 11.7 Å². The third-order valence-corrected chi connectivity index (χ3v) is 5.17. The zero-order valence-corrected chi connectivity index (χ0v) is 16.9. The van der Waals surface area contributed by atoms with Gasteiger partial charge in [-0.25, -0.2) is 0 Å². The molecule has 0 bridgehead atoms. The average molecular weight is 394 g/mol. The number of amides is 1. The number of hydrogen-bond acceptors (Lipinski definition) is 6. The molecule has 3 aromatic rings. The van der Waals surface area contributed by atoms with Gasteiger partial charge in [0, 0.05) is 37.9 Å². The molecule has 1 aliphatic heterocycles. The second kappa shape index (κ2) is 8.46. The molecular formula is C21H26N6O2. The van der Waals surface area contributed by atoms with E-state index in [1.165, 1.54) is 0 Å². The van der Waals surface area contributed by atoms with E-state index in [9.17, 15) is 4.79 Å². The van der Waals surface area contributed by atoms with Crippen LogP contribution in [0.5, 0.6) is 5.75 Å². The number of aromatic nitrogens is 4. The molecule has 2 aromatic heterocycles. The van der Waals surface area contributed by atoms with Crippen molar-refractivity contribution in [2.24, 2.45) is 0 Å². The highest BCUT2D eigenvalue weighted by atomic mass is 16.5. The first kappa shape index (κ1) is 19.2. The maximum atomic E-state index is 12.8. The Balaban J connectivity index is 1.40. The zero-order valence-electron chi connectivity index (χ0n) is 16.9. The molecule has 1 saturated heterocycles. The highest BCUT2D eigenvalue weighted by molar-refractivity contribution is 5.81. The van der Waals surface area contributed by atoms with E-state index in [-0.39, 0.29) is 5.91 Å². The monoisotopic (exact) mass is 394 g/mol. The van der Waals surface area contributed by atoms with E-state index in [1.807, 2.05) is 39.6 Å². The Bertz CT molecular complexity index is 966. The Morgan fingerprint density at radius 2 is 1.93 bits per heavy atom. The summed E-state index contributed by atoms with van der Waals surface area (Å²) in [5.74, 6) is 2.24. The summed E-state index contributed by atoms with van der Waals surface area (Å²) in [7, 11) is 0. The molecule has 0 aliphatic carbocycles. The molecule has 0 saturated carbocycles. The number of para-hydroxylation sites is 1. The maximum absolute atomic E-state index is 12.8. The van der Waals surface area contributed by atoms with E-state index in [2.05, 4.69) is 33.1 Å². The molecule has 1 amide bonds. The van der Waals surface area contributed by atoms with E-state index in [0.717, 1.165) is 37.4 Å². The van der Waals surface area contributed by atoms with Crippen LogP contribution in [-0.4, -0.2) is 62.7 Å². The quantitative estimate of drug-likeness (QED) is 0.638. The highest BCUT2D eigenvalue weighted by Crippen LogP contribution is 2.19. The van der Waals surface area contributed by atoms with E-state index >= 15 is 0 Å². The average Bonchev–Trinajstić information content (AvgIpc) is 3.23. The van der Waals surface area contributed by atoms with Gasteiger partial charge in [0.2, 0.25) is 0 Å². The van der Waals surface area contributed by atoms with Gasteiger partial charge in [0.1, 0.15) is 17.9 Å². The third kappa shape index (κ3) is 4.16. The summed E-state index contributed by atoms with van der Waals surface area (Å²) in [5, 5.41) is 8.10. The van der Waals surface area contributed by atoms with Crippen molar-refractivity contribution in [2.45, 2.75) is 32.8 Å². The molecule has 0 spiro atoms. The lowest BCUT2D eigenvalue weighted by Crippen LogP contribution is -2.52. The first-order chi connectivity index (χ1) is 14.2. The first-order valence-corrected chi connectivity index (χ1v) is 10.1. The molecule has 0 N–H and O–H groups in total. The number of carbonyl (C=O) groups excluding carboxylic acids is 1. The van der Waals surface area contributed by atoms with Crippen molar-refractivity contribution in [1.82, 2.24) is 24.5 Å². The van der Waals surface area contributed by atoms with Crippen LogP contribution in [0.15, 0.2) is 42.7 Å². The molecule has 0 radical (unpaired) electrons. The lowest BCUT2D eigenvalue weighted by molar-refractivity contribution is -0.138. The number of anilines is 1. The predicted molar refractivity (Wildman–Crippen MR) is 110 cm³/mol. The van der Waals surface area contributed by atoms with Gasteiger partial charge in [-0.05, 0) is 25.5 Å². The minimum atomic E-state index is -0.509. The SMILES string of the molecule is CCCc1cc(N2CCN(C(=O)C(C)Oc3ccccc3)CC2)nc2nncn12. The number of nitrogens with zero attached hydrogens (tertiary/aromatic N) is 6. The minimum absolute atomic E-state index is 0.0149. The lowest BCUT2D eigenvalue weighted by Gasteiger charge is -2.36. The Labute approximate surface area is 170 Å². The van der Waals surface area contributed by atoms with Gasteiger partial charge in [-0.2, -0.15) is 4.98 Å². The molecule has 1 aromatic carbocycles. The van der Waals surface area contributed by atoms with Crippen molar-refractivity contribution in [2.75, 3.05) is 31.1 Å². The molecule has 3 heterocycles. The number of hydrogen-bond donors (Lipinski definition) is 0. The summed E-state index contributed by atoms with van der Waals surface area (Å²) < 4.78 is 7.73. The Morgan fingerprint density at radius 3 is 2.66 bits per heavy atom. The summed E-state index contributed by atoms with van der Waals surface area (Å²) in [6, 6.07) is 11.6. The van der Waals surface area contributed by atoms with E-state index in [1.54, 1.807) is 13.3 Å². The summed E-state index contributed by atoms with van der Waals surface area (Å²) >= 11 is 0. The van der Waals surface area contributed by atoms with E-state index < -0.39 is 6.10 Å². The van der Waals surface area contributed by atoms with Crippen LogP contribution >= 0.6 is 0 Å². The number of fused-ring (bicyclic) bond motifs is 1. The largest absolute Gasteiger partial charge is 0.481 e. The standard InChI is InChI=1S/C21H26N6O2/c1-3-7-17-14-19(23-21-24-22-15-27(17)21)25-10-12-26(13-11-25)20(28)16(2)29-18-8-5-4-6-9-18/h4-6,8-9,14-16H,3,7,10-13H2,1-2H3. The van der Waals surface area contributed by atoms with Crippen molar-refractivity contribution in [3.8, 4) is 5.75 Å². The van der Waals surface area contributed by atoms with Crippen molar-refractivity contribution >= 4 is 17.5 Å². The van der Waals surface area contributed by atoms with Crippen LogP contribution in [0, 0.1) is 0 Å². The van der Waals surface area contributed by atoms with Crippen LogP contribution in [0.1, 0.15) is 26.0 Å². The third-order valence-electron chi connectivity index (χ3n) is 5.17. The molecule has 4 rings (SSSR count). The fourth-order valence-corrected chi connectivity index (χ4v) is 3.64. The van der Waals surface area contributed by atoms with E-state index in [4.69, 9.17) is 4.74 Å². The van der Waals surface area contributed by atoms with Gasteiger partial charge >= 0.3 is 0 Å². The molecule has 1 atom stereocenters. The summed E-state index contributed by atoms with van der Waals surface area (Å²) in [4.78, 5) is 21.5. The summed E-state index contributed by atoms with van der Waals surface area (Å²) in [6.45, 7) is 6.70. The summed E-state index contributed by atoms with van der Waals surface area (Å²) in [5.41, 5.74) is 1.15. The second-order valence-electron chi connectivity index (χ2n) is 7.24. The van der Waals surface area contributed by atoms with Gasteiger partial charge in [-0.1, -0.05) is 31.5 Å². The van der Waals surface area contributed by atoms with Crippen LogP contribution in [0.3, 0.4) is 0 Å². The van der Waals surface area contributed by atoms with Crippen LogP contribution in [0.25, 0.3) is 5.78 Å². The Hall–Kier alpha value is -3.16. The van der Waals surface area contributed by atoms with E-state index in [0.29, 0.717) is 24.6 Å². The minimum Gasteiger partial charge on any atom is -0.481 e. The summed E-state index contributed by atoms with van der Waals surface area (Å²) in [6.07, 6.45) is 3.18. The fourth-order valence-electron chi connectivity index (χ4n) is 3.64. The maximum Gasteiger partial charge on any atom is 0.263 e. The van der Waals surface area contributed by atoms with Gasteiger partial charge in [0.05, 0.1) is 0 Å². The first-order valence-electron chi connectivity index (χ1n) is 10.1. The molecular weight excluding hydrogens is 368 g/mol. The smallest absolute Gasteiger partial charge is 0.263 e. The van der Waals surface area contributed by atoms with Crippen molar-refractivity contribution in [1.29, 1.82) is 0 Å². The number of rotatable bonds is 6. The number of ether oxygens (including phenoxy) is 1. The van der Waals surface area contributed by atoms with Gasteiger partial charge in [-0.15, -0.1) is 10.2 Å². The van der Waals surface area contributed by atoms with Crippen molar-refractivity contribution in [3.05, 3.63) is 48.4 Å². The van der Waals surface area contributed by atoms with Gasteiger partial charge < -0.3 is 14.5 Å². The molecule has 1 aliphatic rings. The highest BCUT2D eigenvalue weighted by Gasteiger charge is 2.27. The number of aryl methyl sites for hydroxylation is 1. The molecule has 8 nitrogen and oxygen atoms in total. The molecule has 1 fully saturated rings. The van der Waals surface area contributed by atoms with Crippen LogP contribution < -0.4 is 9.64 Å². The van der Waals surface area contributed by atoms with Crippen LogP contribution in [0.4, 0.5) is 5.82 Å². The number of piperazine rings is 1. The Morgan fingerprint density at radius 1 is 1.17 bits per heavy atom. The van der Waals surface area contributed by atoms with Crippen LogP contribution in [-0.2, 0) is 11.2 Å². The van der Waals surface area contributed by atoms with Crippen molar-refractivity contribution in [3.63, 3.8) is 0 Å². The number of carbonyl (C=O) groups is 1. The van der Waals surface area contributed by atoms with Gasteiger partial charge in [0.15, 0.2) is 6.10 Å². The topological polar surface area (TPSA) is 75.9 Å². The lowest BCUT2D eigenvalue weighted by atomic mass is 10.2. The molecule has 29 heavy (non-hydrogen) atoms. The molecule has 152 valence electrons. The molecule has 8 heteroatoms. The predicted octanol–water partition coefficient (Wildman–Crippen LogP) is 2.19. The number of benzene rings is 1. The normalized spacial score (nSPS) is 15.5. The zero-order chi connectivity index (χ0) is 20.2.